The lowest BCUT2D eigenvalue weighted by Crippen LogP contribution is -2.45. The molecule has 2 saturated heterocycles. The Kier molecular flexibility index (Phi) is 5.01. The van der Waals surface area contributed by atoms with Crippen LogP contribution in [0, 0.1) is 5.82 Å². The van der Waals surface area contributed by atoms with E-state index in [-0.39, 0.29) is 23.1 Å². The van der Waals surface area contributed by atoms with Gasteiger partial charge < -0.3 is 9.47 Å². The van der Waals surface area contributed by atoms with Gasteiger partial charge in [0.15, 0.2) is 0 Å². The molecular formula is C16H22FNO4S. The van der Waals surface area contributed by atoms with Crippen molar-refractivity contribution in [2.45, 2.75) is 49.3 Å². The number of halogens is 1. The first-order valence-electron chi connectivity index (χ1n) is 8.03. The monoisotopic (exact) mass is 343 g/mol. The van der Waals surface area contributed by atoms with Gasteiger partial charge in [-0.25, -0.2) is 12.8 Å². The van der Waals surface area contributed by atoms with Crippen molar-refractivity contribution in [1.82, 2.24) is 4.31 Å². The highest BCUT2D eigenvalue weighted by molar-refractivity contribution is 7.89. The molecule has 1 aromatic carbocycles. The Morgan fingerprint density at radius 1 is 1.26 bits per heavy atom. The summed E-state index contributed by atoms with van der Waals surface area (Å²) in [6.45, 7) is 3.60. The van der Waals surface area contributed by atoms with Gasteiger partial charge >= 0.3 is 0 Å². The summed E-state index contributed by atoms with van der Waals surface area (Å²) in [5.41, 5.74) is 0. The lowest BCUT2D eigenvalue weighted by atomic mass is 10.0. The fraction of sp³-hybridized carbons (Fsp3) is 0.625. The van der Waals surface area contributed by atoms with E-state index in [0.717, 1.165) is 12.8 Å². The fourth-order valence-electron chi connectivity index (χ4n) is 3.37. The number of hydrogen-bond acceptors (Lipinski definition) is 4. The van der Waals surface area contributed by atoms with Gasteiger partial charge in [-0.15, -0.1) is 0 Å². The van der Waals surface area contributed by atoms with Crippen molar-refractivity contribution >= 4 is 10.0 Å². The van der Waals surface area contributed by atoms with E-state index in [2.05, 4.69) is 0 Å². The number of sulfonamides is 1. The first-order chi connectivity index (χ1) is 11.0. The summed E-state index contributed by atoms with van der Waals surface area (Å²) in [6.07, 6.45) is 2.21. The van der Waals surface area contributed by atoms with Crippen molar-refractivity contribution in [2.24, 2.45) is 0 Å². The maximum Gasteiger partial charge on any atom is 0.243 e. The van der Waals surface area contributed by atoms with Gasteiger partial charge in [-0.1, -0.05) is 0 Å². The molecule has 0 unspecified atom stereocenters. The molecule has 0 aliphatic carbocycles. The van der Waals surface area contributed by atoms with Gasteiger partial charge in [-0.05, 0) is 50.5 Å². The van der Waals surface area contributed by atoms with Crippen LogP contribution < -0.4 is 0 Å². The number of benzene rings is 1. The van der Waals surface area contributed by atoms with E-state index >= 15 is 0 Å². The molecule has 1 aromatic rings. The second-order valence-corrected chi connectivity index (χ2v) is 7.85. The quantitative estimate of drug-likeness (QED) is 0.822. The molecule has 7 heteroatoms. The molecular weight excluding hydrogens is 321 g/mol. The molecule has 3 atom stereocenters. The highest BCUT2D eigenvalue weighted by Crippen LogP contribution is 2.35. The van der Waals surface area contributed by atoms with Gasteiger partial charge in [0.2, 0.25) is 10.0 Å². The maximum absolute atomic E-state index is 13.0. The first-order valence-corrected chi connectivity index (χ1v) is 9.47. The molecule has 2 fully saturated rings. The van der Waals surface area contributed by atoms with Crippen molar-refractivity contribution in [3.63, 3.8) is 0 Å². The van der Waals surface area contributed by atoms with Crippen LogP contribution in [0.15, 0.2) is 29.2 Å². The van der Waals surface area contributed by atoms with Crippen LogP contribution in [-0.2, 0) is 19.5 Å². The van der Waals surface area contributed by atoms with Crippen LogP contribution in [0.2, 0.25) is 0 Å². The largest absolute Gasteiger partial charge is 0.379 e. The molecule has 0 amide bonds. The molecule has 23 heavy (non-hydrogen) atoms. The topological polar surface area (TPSA) is 55.8 Å². The number of nitrogens with zero attached hydrogens (tertiary/aromatic N) is 1. The highest BCUT2D eigenvalue weighted by atomic mass is 32.2. The Hall–Kier alpha value is -1.02. The summed E-state index contributed by atoms with van der Waals surface area (Å²) in [5.74, 6) is -0.442. The first kappa shape index (κ1) is 16.8. The Balaban J connectivity index is 1.72. The number of fused-ring (bicyclic) bond motifs is 1. The van der Waals surface area contributed by atoms with E-state index in [4.69, 9.17) is 9.47 Å². The third-order valence-corrected chi connectivity index (χ3v) is 6.45. The third-order valence-electron chi connectivity index (χ3n) is 4.51. The molecule has 2 heterocycles. The Bertz CT molecular complexity index is 634. The van der Waals surface area contributed by atoms with Crippen molar-refractivity contribution < 1.29 is 22.3 Å². The van der Waals surface area contributed by atoms with Gasteiger partial charge in [0, 0.05) is 13.2 Å². The Morgan fingerprint density at radius 2 is 2.00 bits per heavy atom. The molecule has 0 spiro atoms. The zero-order valence-corrected chi connectivity index (χ0v) is 14.0. The van der Waals surface area contributed by atoms with Gasteiger partial charge in [0.25, 0.3) is 0 Å². The third kappa shape index (κ3) is 3.42. The maximum atomic E-state index is 13.0. The van der Waals surface area contributed by atoms with Crippen LogP contribution in [0.5, 0.6) is 0 Å². The molecule has 5 nitrogen and oxygen atoms in total. The lowest BCUT2D eigenvalue weighted by molar-refractivity contribution is -0.0923. The second-order valence-electron chi connectivity index (χ2n) is 5.96. The zero-order valence-electron chi connectivity index (χ0n) is 13.2. The minimum absolute atomic E-state index is 0.0460. The van der Waals surface area contributed by atoms with Gasteiger partial charge in [-0.2, -0.15) is 4.31 Å². The smallest absolute Gasteiger partial charge is 0.243 e. The standard InChI is InChI=1S/C16H22FNO4S/c1-2-21-11-13-5-8-15-16(22-13)9-10-18(15)23(19,20)14-6-3-12(17)4-7-14/h3-4,6-7,13,15-16H,2,5,8-11H2,1H3/t13-,15-,16-/m0/s1. The van der Waals surface area contributed by atoms with E-state index in [0.29, 0.717) is 26.2 Å². The lowest BCUT2D eigenvalue weighted by Gasteiger charge is -2.35. The van der Waals surface area contributed by atoms with Crippen molar-refractivity contribution in [3.8, 4) is 0 Å². The molecule has 2 aliphatic rings. The van der Waals surface area contributed by atoms with Crippen LogP contribution in [-0.4, -0.2) is 50.7 Å². The van der Waals surface area contributed by atoms with Crippen LogP contribution >= 0.6 is 0 Å². The van der Waals surface area contributed by atoms with Crippen molar-refractivity contribution in [1.29, 1.82) is 0 Å². The SMILES string of the molecule is CCOC[C@@H]1CC[C@H]2[C@H](CCN2S(=O)(=O)c2ccc(F)cc2)O1. The van der Waals surface area contributed by atoms with E-state index in [1.165, 1.54) is 28.6 Å². The molecule has 0 bridgehead atoms. The Morgan fingerprint density at radius 3 is 2.70 bits per heavy atom. The molecule has 3 rings (SSSR count). The summed E-state index contributed by atoms with van der Waals surface area (Å²) in [7, 11) is -3.60. The van der Waals surface area contributed by atoms with Gasteiger partial charge in [0.1, 0.15) is 5.82 Å². The summed E-state index contributed by atoms with van der Waals surface area (Å²) in [5, 5.41) is 0. The molecule has 0 aromatic heterocycles. The van der Waals surface area contributed by atoms with Crippen molar-refractivity contribution in [2.75, 3.05) is 19.8 Å². The summed E-state index contributed by atoms with van der Waals surface area (Å²) < 4.78 is 51.5. The van der Waals surface area contributed by atoms with Crippen LogP contribution in [0.25, 0.3) is 0 Å². The predicted octanol–water partition coefficient (Wildman–Crippen LogP) is 2.17. The normalized spacial score (nSPS) is 28.7. The van der Waals surface area contributed by atoms with Gasteiger partial charge in [0.05, 0.1) is 29.8 Å². The summed E-state index contributed by atoms with van der Waals surface area (Å²) in [4.78, 5) is 0.135. The van der Waals surface area contributed by atoms with E-state index in [9.17, 15) is 12.8 Å². The summed E-state index contributed by atoms with van der Waals surface area (Å²) in [6, 6.07) is 4.85. The highest BCUT2D eigenvalue weighted by Gasteiger charge is 2.45. The molecule has 0 radical (unpaired) electrons. The van der Waals surface area contributed by atoms with Gasteiger partial charge in [-0.3, -0.25) is 0 Å². The van der Waals surface area contributed by atoms with E-state index in [1.807, 2.05) is 6.92 Å². The molecule has 2 aliphatic heterocycles. The Labute approximate surface area is 136 Å². The fourth-order valence-corrected chi connectivity index (χ4v) is 5.07. The predicted molar refractivity (Wildman–Crippen MR) is 83.1 cm³/mol. The number of rotatable bonds is 5. The number of hydrogen-bond donors (Lipinski definition) is 0. The molecule has 128 valence electrons. The zero-order chi connectivity index (χ0) is 16.4. The number of ether oxygens (including phenoxy) is 2. The van der Waals surface area contributed by atoms with Crippen LogP contribution in [0.4, 0.5) is 4.39 Å². The van der Waals surface area contributed by atoms with Crippen molar-refractivity contribution in [3.05, 3.63) is 30.1 Å². The van der Waals surface area contributed by atoms with Crippen LogP contribution in [0.3, 0.4) is 0 Å². The average molecular weight is 343 g/mol. The molecule has 0 saturated carbocycles. The average Bonchev–Trinajstić information content (AvgIpc) is 2.97. The van der Waals surface area contributed by atoms with Crippen LogP contribution in [0.1, 0.15) is 26.2 Å². The minimum Gasteiger partial charge on any atom is -0.379 e. The molecule has 0 N–H and O–H groups in total. The van der Waals surface area contributed by atoms with E-state index in [1.54, 1.807) is 0 Å². The second kappa shape index (κ2) is 6.84. The minimum atomic E-state index is -3.60. The van der Waals surface area contributed by atoms with E-state index < -0.39 is 15.8 Å². The summed E-state index contributed by atoms with van der Waals surface area (Å²) >= 11 is 0.